The number of benzene rings is 2. The largest absolute Gasteiger partial charge is 0.425 e. The van der Waals surface area contributed by atoms with Crippen molar-refractivity contribution in [2.45, 2.75) is 13.8 Å². The fourth-order valence-corrected chi connectivity index (χ4v) is 3.39. The first-order valence-electron chi connectivity index (χ1n) is 6.25. The standard InChI is InChI=1S/C16H12Br4O2/c1-8-4-6-11(15(19)13(8)17)21-10(3)22-12-7-5-9(2)14(18)16(12)20/h4-7H,3H2,1-2H3. The van der Waals surface area contributed by atoms with Crippen molar-refractivity contribution in [3.63, 3.8) is 0 Å². The van der Waals surface area contributed by atoms with Gasteiger partial charge in [0, 0.05) is 8.95 Å². The Morgan fingerprint density at radius 2 is 1.09 bits per heavy atom. The van der Waals surface area contributed by atoms with Gasteiger partial charge in [-0.05, 0) is 107 Å². The van der Waals surface area contributed by atoms with Gasteiger partial charge in [-0.2, -0.15) is 0 Å². The van der Waals surface area contributed by atoms with Crippen molar-refractivity contribution in [1.29, 1.82) is 0 Å². The Bertz CT molecular complexity index is 680. The zero-order valence-electron chi connectivity index (χ0n) is 11.8. The van der Waals surface area contributed by atoms with Gasteiger partial charge in [0.25, 0.3) is 5.95 Å². The van der Waals surface area contributed by atoms with Crippen LogP contribution in [0, 0.1) is 13.8 Å². The van der Waals surface area contributed by atoms with E-state index in [0.717, 1.165) is 29.0 Å². The van der Waals surface area contributed by atoms with Crippen LogP contribution in [0.5, 0.6) is 11.5 Å². The van der Waals surface area contributed by atoms with Crippen LogP contribution >= 0.6 is 63.7 Å². The Morgan fingerprint density at radius 1 is 0.727 bits per heavy atom. The molecule has 0 unspecified atom stereocenters. The number of hydrogen-bond donors (Lipinski definition) is 0. The lowest BCUT2D eigenvalue weighted by molar-refractivity contribution is 0.226. The van der Waals surface area contributed by atoms with E-state index in [1.807, 2.05) is 38.1 Å². The molecule has 0 heterocycles. The first-order chi connectivity index (χ1) is 10.3. The highest BCUT2D eigenvalue weighted by Crippen LogP contribution is 2.38. The van der Waals surface area contributed by atoms with Crippen LogP contribution in [-0.4, -0.2) is 0 Å². The van der Waals surface area contributed by atoms with Gasteiger partial charge in [-0.1, -0.05) is 12.1 Å². The van der Waals surface area contributed by atoms with Crippen molar-refractivity contribution in [2.75, 3.05) is 0 Å². The van der Waals surface area contributed by atoms with Gasteiger partial charge in [0.15, 0.2) is 0 Å². The number of halogens is 4. The van der Waals surface area contributed by atoms with E-state index >= 15 is 0 Å². The van der Waals surface area contributed by atoms with Gasteiger partial charge in [-0.15, -0.1) is 0 Å². The highest BCUT2D eigenvalue weighted by molar-refractivity contribution is 9.13. The quantitative estimate of drug-likeness (QED) is 0.369. The Hall–Kier alpha value is -0.300. The minimum Gasteiger partial charge on any atom is -0.425 e. The van der Waals surface area contributed by atoms with Crippen molar-refractivity contribution in [3.8, 4) is 11.5 Å². The van der Waals surface area contributed by atoms with E-state index in [9.17, 15) is 0 Å². The summed E-state index contributed by atoms with van der Waals surface area (Å²) in [7, 11) is 0. The van der Waals surface area contributed by atoms with Gasteiger partial charge in [-0.3, -0.25) is 0 Å². The number of rotatable bonds is 4. The SMILES string of the molecule is C=C(Oc1ccc(C)c(Br)c1Br)Oc1ccc(C)c(Br)c1Br. The molecule has 6 heteroatoms. The van der Waals surface area contributed by atoms with E-state index in [1.165, 1.54) is 0 Å². The summed E-state index contributed by atoms with van der Waals surface area (Å²) in [4.78, 5) is 0. The highest BCUT2D eigenvalue weighted by atomic mass is 79.9. The van der Waals surface area contributed by atoms with Gasteiger partial charge < -0.3 is 9.47 Å². The fraction of sp³-hybridized carbons (Fsp3) is 0.125. The number of aryl methyl sites for hydroxylation is 2. The second-order valence-corrected chi connectivity index (χ2v) is 7.77. The average Bonchev–Trinajstić information content (AvgIpc) is 2.48. The third-order valence-corrected chi connectivity index (χ3v) is 7.61. The molecule has 0 atom stereocenters. The van der Waals surface area contributed by atoms with Crippen LogP contribution in [0.15, 0.2) is 54.7 Å². The third-order valence-electron chi connectivity index (χ3n) is 2.93. The van der Waals surface area contributed by atoms with E-state index in [-0.39, 0.29) is 5.95 Å². The van der Waals surface area contributed by atoms with Crippen molar-refractivity contribution >= 4 is 63.7 Å². The summed E-state index contributed by atoms with van der Waals surface area (Å²) < 4.78 is 14.9. The van der Waals surface area contributed by atoms with Crippen molar-refractivity contribution in [2.24, 2.45) is 0 Å². The monoisotopic (exact) mass is 552 g/mol. The molecule has 0 aliphatic carbocycles. The molecule has 0 amide bonds. The van der Waals surface area contributed by atoms with Crippen LogP contribution in [0.3, 0.4) is 0 Å². The maximum atomic E-state index is 5.68. The molecule has 22 heavy (non-hydrogen) atoms. The summed E-state index contributed by atoms with van der Waals surface area (Å²) in [5.74, 6) is 1.45. The molecule has 0 aliphatic heterocycles. The van der Waals surface area contributed by atoms with E-state index in [4.69, 9.17) is 9.47 Å². The number of ether oxygens (including phenoxy) is 2. The molecule has 0 aliphatic rings. The molecule has 116 valence electrons. The summed E-state index contributed by atoms with van der Waals surface area (Å²) in [5, 5.41) is 0. The van der Waals surface area contributed by atoms with Crippen LogP contribution < -0.4 is 9.47 Å². The summed E-state index contributed by atoms with van der Waals surface area (Å²) in [5.41, 5.74) is 2.21. The summed E-state index contributed by atoms with van der Waals surface area (Å²) in [6.45, 7) is 7.82. The van der Waals surface area contributed by atoms with Gasteiger partial charge in [0.2, 0.25) is 0 Å². The molecule has 0 radical (unpaired) electrons. The van der Waals surface area contributed by atoms with Crippen molar-refractivity contribution in [1.82, 2.24) is 0 Å². The zero-order chi connectivity index (χ0) is 16.4. The highest BCUT2D eigenvalue weighted by Gasteiger charge is 2.13. The first kappa shape index (κ1) is 18.0. The van der Waals surface area contributed by atoms with Gasteiger partial charge in [-0.25, -0.2) is 0 Å². The molecule has 2 nitrogen and oxygen atoms in total. The molecule has 0 fully saturated rings. The molecule has 0 spiro atoms. The maximum Gasteiger partial charge on any atom is 0.282 e. The molecule has 0 saturated carbocycles. The lowest BCUT2D eigenvalue weighted by Crippen LogP contribution is -2.03. The normalized spacial score (nSPS) is 10.5. The average molecular weight is 556 g/mol. The van der Waals surface area contributed by atoms with E-state index in [0.29, 0.717) is 11.5 Å². The molecule has 0 aromatic heterocycles. The second-order valence-electron chi connectivity index (χ2n) is 4.59. The Kier molecular flexibility index (Phi) is 6.16. The summed E-state index contributed by atoms with van der Waals surface area (Å²) in [6.07, 6.45) is 0. The second kappa shape index (κ2) is 7.51. The Labute approximate surface area is 163 Å². The molecule has 2 rings (SSSR count). The summed E-state index contributed by atoms with van der Waals surface area (Å²) in [6, 6.07) is 7.63. The van der Waals surface area contributed by atoms with E-state index in [1.54, 1.807) is 0 Å². The van der Waals surface area contributed by atoms with Crippen molar-refractivity contribution in [3.05, 3.63) is 65.8 Å². The van der Waals surface area contributed by atoms with E-state index in [2.05, 4.69) is 70.3 Å². The van der Waals surface area contributed by atoms with Crippen LogP contribution in [-0.2, 0) is 0 Å². The first-order valence-corrected chi connectivity index (χ1v) is 9.42. The lowest BCUT2D eigenvalue weighted by Gasteiger charge is -2.14. The molecular weight excluding hydrogens is 544 g/mol. The van der Waals surface area contributed by atoms with E-state index < -0.39 is 0 Å². The predicted molar refractivity (Wildman–Crippen MR) is 104 cm³/mol. The Balaban J connectivity index is 2.18. The van der Waals surface area contributed by atoms with Crippen LogP contribution in [0.4, 0.5) is 0 Å². The van der Waals surface area contributed by atoms with Crippen LogP contribution in [0.2, 0.25) is 0 Å². The predicted octanol–water partition coefficient (Wildman–Crippen LogP) is 7.28. The third kappa shape index (κ3) is 3.96. The maximum absolute atomic E-state index is 5.68. The van der Waals surface area contributed by atoms with Gasteiger partial charge in [0.1, 0.15) is 11.5 Å². The minimum absolute atomic E-state index is 0.188. The Morgan fingerprint density at radius 3 is 1.45 bits per heavy atom. The minimum atomic E-state index is 0.188. The van der Waals surface area contributed by atoms with Crippen LogP contribution in [0.25, 0.3) is 0 Å². The van der Waals surface area contributed by atoms with Gasteiger partial charge >= 0.3 is 0 Å². The molecule has 2 aromatic carbocycles. The van der Waals surface area contributed by atoms with Crippen LogP contribution in [0.1, 0.15) is 11.1 Å². The lowest BCUT2D eigenvalue weighted by atomic mass is 10.2. The molecule has 0 saturated heterocycles. The summed E-state index contributed by atoms with van der Waals surface area (Å²) >= 11 is 14.0. The van der Waals surface area contributed by atoms with Crippen molar-refractivity contribution < 1.29 is 9.47 Å². The molecule has 0 N–H and O–H groups in total. The molecule has 0 bridgehead atoms. The zero-order valence-corrected chi connectivity index (χ0v) is 18.2. The topological polar surface area (TPSA) is 18.5 Å². The van der Waals surface area contributed by atoms with Gasteiger partial charge in [0.05, 0.1) is 8.95 Å². The molecular formula is C16H12Br4O2. The smallest absolute Gasteiger partial charge is 0.282 e. The molecule has 2 aromatic rings. The number of hydrogen-bond acceptors (Lipinski definition) is 2. The fourth-order valence-electron chi connectivity index (χ4n) is 1.68.